The Hall–Kier alpha value is 0.324. The fourth-order valence-electron chi connectivity index (χ4n) is 5.70. The van der Waals surface area contributed by atoms with Crippen molar-refractivity contribution < 1.29 is 43.1 Å². The van der Waals surface area contributed by atoms with Gasteiger partial charge in [-0.15, -0.1) is 0 Å². The molecule has 5 heteroatoms. The molecule has 0 bridgehead atoms. The zero-order valence-corrected chi connectivity index (χ0v) is 22.3. The Morgan fingerprint density at radius 1 is 1.00 bits per heavy atom. The predicted octanol–water partition coefficient (Wildman–Crippen LogP) is -0.347. The van der Waals surface area contributed by atoms with E-state index in [0.717, 1.165) is 3.67 Å². The molecule has 1 aromatic carbocycles. The molecule has 0 spiro atoms. The standard InChI is InChI=1S/C9H7.C6H7.C4H12Si2.2ClH.Hf/c1-2-5-9-7-3-6-8(9)4-1;1-6-4-2-3-5-6;1-5(2)6(3)4;;;/h1-7H;4-5H,2H2,1H3;1-4H3;2*1H;/q;;;;;+2/p-2. The normalized spacial score (nSPS) is 25.3. The van der Waals surface area contributed by atoms with Crippen molar-refractivity contribution in [1.29, 1.82) is 0 Å². The van der Waals surface area contributed by atoms with Crippen LogP contribution in [0, 0.1) is 0 Å². The van der Waals surface area contributed by atoms with Crippen LogP contribution in [0.5, 0.6) is 0 Å². The first-order chi connectivity index (χ1) is 10.3. The molecule has 1 aliphatic heterocycles. The van der Waals surface area contributed by atoms with Crippen LogP contribution in [0.25, 0.3) is 6.08 Å². The first kappa shape index (κ1) is 20.6. The molecule has 0 nitrogen and oxygen atoms in total. The first-order valence-corrected chi connectivity index (χ1v) is 30.1. The molecule has 0 N–H and O–H groups in total. The molecule has 1 saturated heterocycles. The molecule has 1 atom stereocenters. The Bertz CT molecular complexity index is 748. The van der Waals surface area contributed by atoms with E-state index in [-0.39, 0.29) is 24.8 Å². The zero-order chi connectivity index (χ0) is 15.8. The maximum Gasteiger partial charge on any atom is -1.00 e. The number of halogens is 2. The topological polar surface area (TPSA) is 0 Å². The molecule has 0 saturated carbocycles. The fourth-order valence-corrected chi connectivity index (χ4v) is 245. The Morgan fingerprint density at radius 3 is 2.17 bits per heavy atom. The van der Waals surface area contributed by atoms with Crippen molar-refractivity contribution in [2.75, 3.05) is 0 Å². The van der Waals surface area contributed by atoms with Gasteiger partial charge in [-0.25, -0.2) is 0 Å². The number of rotatable bonds is 2. The van der Waals surface area contributed by atoms with E-state index in [0.29, 0.717) is 0 Å². The Kier molecular flexibility index (Phi) is 5.58. The average Bonchev–Trinajstić information content (AvgIpc) is 2.94. The van der Waals surface area contributed by atoms with Crippen LogP contribution in [0.1, 0.15) is 28.1 Å². The third-order valence-corrected chi connectivity index (χ3v) is 162. The zero-order valence-electron chi connectivity index (χ0n) is 15.2. The van der Waals surface area contributed by atoms with Gasteiger partial charge in [0.05, 0.1) is 0 Å². The van der Waals surface area contributed by atoms with E-state index in [1.807, 2.05) is 3.33 Å². The molecule has 1 aromatic rings. The minimum absolute atomic E-state index is 0. The number of fused-ring (bicyclic) bond motifs is 1. The van der Waals surface area contributed by atoms with Gasteiger partial charge in [-0.1, -0.05) is 0 Å². The molecule has 1 heterocycles. The third-order valence-electron chi connectivity index (χ3n) is 7.29. The summed E-state index contributed by atoms with van der Waals surface area (Å²) in [5, 5.41) is 0. The molecule has 1 unspecified atom stereocenters. The van der Waals surface area contributed by atoms with Crippen molar-refractivity contribution in [3.63, 3.8) is 0 Å². The minimum atomic E-state index is -2.45. The third kappa shape index (κ3) is 2.31. The van der Waals surface area contributed by atoms with Gasteiger partial charge in [-0.05, 0) is 0 Å². The molecular formula is C19H26Cl2HfSi2. The van der Waals surface area contributed by atoms with Crippen LogP contribution in [0.15, 0.2) is 51.4 Å². The van der Waals surface area contributed by atoms with Gasteiger partial charge >= 0.3 is 140 Å². The van der Waals surface area contributed by atoms with Crippen LogP contribution in [0.3, 0.4) is 0 Å². The summed E-state index contributed by atoms with van der Waals surface area (Å²) in [5.41, 5.74) is 4.73. The molecule has 0 radical (unpaired) electrons. The van der Waals surface area contributed by atoms with Crippen LogP contribution in [-0.4, -0.2) is 9.56 Å². The molecule has 3 aliphatic rings. The average molecular weight is 560 g/mol. The van der Waals surface area contributed by atoms with Crippen molar-refractivity contribution in [2.24, 2.45) is 0 Å². The summed E-state index contributed by atoms with van der Waals surface area (Å²) >= 11 is -2.45. The van der Waals surface area contributed by atoms with Crippen LogP contribution >= 0.6 is 0 Å². The molecule has 0 amide bonds. The second kappa shape index (κ2) is 6.49. The molecule has 2 aliphatic carbocycles. The van der Waals surface area contributed by atoms with Crippen molar-refractivity contribution in [2.45, 2.75) is 43.2 Å². The molecule has 4 rings (SSSR count). The van der Waals surface area contributed by atoms with E-state index in [1.54, 1.807) is 5.56 Å². The van der Waals surface area contributed by atoms with Crippen LogP contribution in [0.2, 0.25) is 26.2 Å². The van der Waals surface area contributed by atoms with Gasteiger partial charge in [-0.2, -0.15) is 0 Å². The summed E-state index contributed by atoms with van der Waals surface area (Å²) in [5.74, 6) is 0. The molecule has 1 fully saturated rings. The van der Waals surface area contributed by atoms with Gasteiger partial charge in [0.25, 0.3) is 0 Å². The predicted molar refractivity (Wildman–Crippen MR) is 99.6 cm³/mol. The van der Waals surface area contributed by atoms with Crippen molar-refractivity contribution in [1.82, 2.24) is 0 Å². The fraction of sp³-hybridized carbons (Fsp3) is 0.368. The van der Waals surface area contributed by atoms with Crippen LogP contribution in [-0.2, 0) is 18.3 Å². The van der Waals surface area contributed by atoms with Crippen LogP contribution in [0.4, 0.5) is 0 Å². The Labute approximate surface area is 163 Å². The van der Waals surface area contributed by atoms with Gasteiger partial charge in [0.1, 0.15) is 0 Å². The summed E-state index contributed by atoms with van der Waals surface area (Å²) in [4.78, 5) is 0. The SMILES string of the molecule is CC1=CC[C]([Hf+2]2([CH]3C=Cc4ccccc43)[Si](C)(C)[Si]2(C)C)=C1.[Cl-].[Cl-]. The largest absolute Gasteiger partial charge is 1.00 e. The quantitative estimate of drug-likeness (QED) is 0.435. The van der Waals surface area contributed by atoms with E-state index in [2.05, 4.69) is 81.7 Å². The summed E-state index contributed by atoms with van der Waals surface area (Å²) < 4.78 is 0.873. The van der Waals surface area contributed by atoms with Gasteiger partial charge in [0, 0.05) is 0 Å². The molecule has 0 aromatic heterocycles. The van der Waals surface area contributed by atoms with Crippen molar-refractivity contribution in [3.05, 3.63) is 62.5 Å². The second-order valence-corrected chi connectivity index (χ2v) is 87.4. The number of hydrogen-bond acceptors (Lipinski definition) is 0. The van der Waals surface area contributed by atoms with Gasteiger partial charge in [0.15, 0.2) is 0 Å². The molecule has 24 heavy (non-hydrogen) atoms. The van der Waals surface area contributed by atoms with E-state index in [4.69, 9.17) is 0 Å². The Morgan fingerprint density at radius 2 is 1.62 bits per heavy atom. The summed E-state index contributed by atoms with van der Waals surface area (Å²) in [7, 11) is 0. The van der Waals surface area contributed by atoms with Gasteiger partial charge in [-0.3, -0.25) is 0 Å². The van der Waals surface area contributed by atoms with E-state index in [1.165, 1.54) is 17.6 Å². The summed E-state index contributed by atoms with van der Waals surface area (Å²) in [6, 6.07) is 9.22. The van der Waals surface area contributed by atoms with Crippen LogP contribution < -0.4 is 24.8 Å². The second-order valence-electron chi connectivity index (χ2n) is 8.35. The molecular weight excluding hydrogens is 534 g/mol. The first-order valence-electron chi connectivity index (χ1n) is 8.49. The maximum atomic E-state index is 2.77. The van der Waals surface area contributed by atoms with Crippen molar-refractivity contribution >= 4 is 15.6 Å². The van der Waals surface area contributed by atoms with E-state index in [9.17, 15) is 0 Å². The summed E-state index contributed by atoms with van der Waals surface area (Å²) in [6.45, 7) is 13.4. The number of benzene rings is 1. The van der Waals surface area contributed by atoms with E-state index < -0.39 is 27.9 Å². The minimum Gasteiger partial charge on any atom is -1.00 e. The smallest absolute Gasteiger partial charge is 1.00 e. The monoisotopic (exact) mass is 560 g/mol. The van der Waals surface area contributed by atoms with Gasteiger partial charge < -0.3 is 24.8 Å². The number of allylic oxidation sites excluding steroid dienone is 5. The van der Waals surface area contributed by atoms with Gasteiger partial charge in [0.2, 0.25) is 0 Å². The number of hydrogen-bond donors (Lipinski definition) is 0. The van der Waals surface area contributed by atoms with Crippen molar-refractivity contribution in [3.8, 4) is 0 Å². The maximum absolute atomic E-state index is 2.77. The summed E-state index contributed by atoms with van der Waals surface area (Å²) in [6.07, 6.45) is 11.5. The van der Waals surface area contributed by atoms with E-state index >= 15 is 0 Å². The molecule has 128 valence electrons. The Balaban J connectivity index is 0.00000104.